The van der Waals surface area contributed by atoms with E-state index in [2.05, 4.69) is 27.2 Å². The number of nitrogens with zero attached hydrogens (tertiary/aromatic N) is 3. The first-order valence-electron chi connectivity index (χ1n) is 6.04. The quantitative estimate of drug-likeness (QED) is 0.808. The van der Waals surface area contributed by atoms with Crippen molar-refractivity contribution in [2.45, 2.75) is 6.42 Å². The molecule has 0 aliphatic rings. The van der Waals surface area contributed by atoms with Crippen LogP contribution in [-0.2, 0) is 7.05 Å². The lowest BCUT2D eigenvalue weighted by Crippen LogP contribution is -2.11. The Morgan fingerprint density at radius 3 is 3.00 bits per heavy atom. The number of aryl methyl sites for hydroxylation is 1. The molecule has 102 valence electrons. The van der Waals surface area contributed by atoms with Gasteiger partial charge in [-0.2, -0.15) is 5.10 Å². The number of pyridine rings is 1. The molecule has 0 atom stereocenters. The van der Waals surface area contributed by atoms with Crippen molar-refractivity contribution in [1.29, 1.82) is 0 Å². The van der Waals surface area contributed by atoms with E-state index in [1.165, 1.54) is 6.20 Å². The van der Waals surface area contributed by atoms with Gasteiger partial charge in [-0.15, -0.1) is 0 Å². The highest BCUT2D eigenvalue weighted by atomic mass is 16.2. The van der Waals surface area contributed by atoms with Crippen LogP contribution in [0.25, 0.3) is 0 Å². The van der Waals surface area contributed by atoms with Crippen LogP contribution in [0.15, 0.2) is 30.9 Å². The van der Waals surface area contributed by atoms with Crippen LogP contribution in [0.4, 0.5) is 5.69 Å². The Kier molecular flexibility index (Phi) is 4.47. The molecule has 6 heteroatoms. The predicted octanol–water partition coefficient (Wildman–Crippen LogP) is 0.801. The molecule has 0 fully saturated rings. The molecule has 0 unspecified atom stereocenters. The van der Waals surface area contributed by atoms with Crippen LogP contribution in [0.3, 0.4) is 0 Å². The van der Waals surface area contributed by atoms with Crippen LogP contribution >= 0.6 is 0 Å². The lowest BCUT2D eigenvalue weighted by Gasteiger charge is -2.02. The maximum Gasteiger partial charge on any atom is 0.257 e. The fourth-order valence-electron chi connectivity index (χ4n) is 1.54. The lowest BCUT2D eigenvalue weighted by molar-refractivity contribution is 0.102. The molecule has 0 spiro atoms. The fourth-order valence-corrected chi connectivity index (χ4v) is 1.54. The van der Waals surface area contributed by atoms with Crippen molar-refractivity contribution in [3.05, 3.63) is 42.0 Å². The van der Waals surface area contributed by atoms with Crippen molar-refractivity contribution in [1.82, 2.24) is 14.8 Å². The number of hydrogen-bond acceptors (Lipinski definition) is 4. The first-order valence-corrected chi connectivity index (χ1v) is 6.04. The highest BCUT2D eigenvalue weighted by Gasteiger charge is 2.07. The molecule has 2 N–H and O–H groups in total. The smallest absolute Gasteiger partial charge is 0.257 e. The highest BCUT2D eigenvalue weighted by molar-refractivity contribution is 6.04. The van der Waals surface area contributed by atoms with Gasteiger partial charge in [0.2, 0.25) is 0 Å². The minimum Gasteiger partial charge on any atom is -0.395 e. The van der Waals surface area contributed by atoms with E-state index in [4.69, 9.17) is 5.11 Å². The Balaban J connectivity index is 2.10. The molecule has 0 saturated carbocycles. The van der Waals surface area contributed by atoms with Gasteiger partial charge in [0.05, 0.1) is 24.1 Å². The van der Waals surface area contributed by atoms with Gasteiger partial charge in [0, 0.05) is 37.6 Å². The third-order valence-corrected chi connectivity index (χ3v) is 2.43. The van der Waals surface area contributed by atoms with Gasteiger partial charge in [0.25, 0.3) is 5.91 Å². The van der Waals surface area contributed by atoms with Crippen molar-refractivity contribution in [3.8, 4) is 11.8 Å². The van der Waals surface area contributed by atoms with E-state index in [-0.39, 0.29) is 12.5 Å². The first kappa shape index (κ1) is 13.8. The Labute approximate surface area is 116 Å². The van der Waals surface area contributed by atoms with Crippen LogP contribution in [0.1, 0.15) is 22.3 Å². The monoisotopic (exact) mass is 270 g/mol. The summed E-state index contributed by atoms with van der Waals surface area (Å²) in [5.41, 5.74) is 1.68. The molecule has 2 heterocycles. The van der Waals surface area contributed by atoms with Crippen molar-refractivity contribution < 1.29 is 9.90 Å². The topological polar surface area (TPSA) is 80.0 Å². The maximum absolute atomic E-state index is 12.0. The second-order valence-corrected chi connectivity index (χ2v) is 4.09. The minimum atomic E-state index is -0.267. The number of nitrogens with one attached hydrogen (secondary N) is 1. The second kappa shape index (κ2) is 6.50. The fraction of sp³-hybridized carbons (Fsp3) is 0.214. The molecule has 0 aromatic carbocycles. The van der Waals surface area contributed by atoms with E-state index in [0.29, 0.717) is 23.2 Å². The van der Waals surface area contributed by atoms with Crippen LogP contribution in [0.2, 0.25) is 0 Å². The summed E-state index contributed by atoms with van der Waals surface area (Å²) in [6.45, 7) is 0.0155. The van der Waals surface area contributed by atoms with Gasteiger partial charge in [-0.05, 0) is 6.07 Å². The summed E-state index contributed by atoms with van der Waals surface area (Å²) in [6.07, 6.45) is 6.72. The Hall–Kier alpha value is -2.65. The van der Waals surface area contributed by atoms with Gasteiger partial charge in [0.15, 0.2) is 0 Å². The SMILES string of the molecule is Cn1cc(NC(=O)c2cncc(C#CCCO)c2)cn1. The molecule has 0 radical (unpaired) electrons. The Bertz CT molecular complexity index is 667. The molecule has 2 aromatic rings. The van der Waals surface area contributed by atoms with Gasteiger partial charge in [0.1, 0.15) is 0 Å². The number of anilines is 1. The van der Waals surface area contributed by atoms with Gasteiger partial charge >= 0.3 is 0 Å². The molecule has 2 aromatic heterocycles. The number of aliphatic hydroxyl groups excluding tert-OH is 1. The van der Waals surface area contributed by atoms with E-state index in [1.54, 1.807) is 36.4 Å². The number of aromatic nitrogens is 3. The van der Waals surface area contributed by atoms with Crippen molar-refractivity contribution >= 4 is 11.6 Å². The Morgan fingerprint density at radius 1 is 1.45 bits per heavy atom. The summed E-state index contributed by atoms with van der Waals surface area (Å²) in [6, 6.07) is 1.66. The van der Waals surface area contributed by atoms with Crippen LogP contribution in [-0.4, -0.2) is 32.4 Å². The summed E-state index contributed by atoms with van der Waals surface area (Å²) < 4.78 is 1.60. The third-order valence-electron chi connectivity index (χ3n) is 2.43. The average Bonchev–Trinajstić information content (AvgIpc) is 2.85. The highest BCUT2D eigenvalue weighted by Crippen LogP contribution is 2.08. The van der Waals surface area contributed by atoms with E-state index in [9.17, 15) is 4.79 Å². The Morgan fingerprint density at radius 2 is 2.30 bits per heavy atom. The molecule has 0 aliphatic carbocycles. The van der Waals surface area contributed by atoms with Crippen LogP contribution < -0.4 is 5.32 Å². The molecule has 2 rings (SSSR count). The summed E-state index contributed by atoms with van der Waals surface area (Å²) in [5, 5.41) is 15.4. The number of aliphatic hydroxyl groups is 1. The van der Waals surface area contributed by atoms with Gasteiger partial charge in [-0.1, -0.05) is 11.8 Å². The van der Waals surface area contributed by atoms with E-state index in [1.807, 2.05) is 0 Å². The largest absolute Gasteiger partial charge is 0.395 e. The van der Waals surface area contributed by atoms with Crippen molar-refractivity contribution in [3.63, 3.8) is 0 Å². The zero-order chi connectivity index (χ0) is 14.4. The molecule has 0 bridgehead atoms. The van der Waals surface area contributed by atoms with Crippen molar-refractivity contribution in [2.24, 2.45) is 7.05 Å². The summed E-state index contributed by atoms with van der Waals surface area (Å²) >= 11 is 0. The molecule has 0 saturated heterocycles. The number of carbonyl (C=O) groups excluding carboxylic acids is 1. The van der Waals surface area contributed by atoms with E-state index < -0.39 is 0 Å². The number of carbonyl (C=O) groups is 1. The van der Waals surface area contributed by atoms with Crippen molar-refractivity contribution in [2.75, 3.05) is 11.9 Å². The predicted molar refractivity (Wildman–Crippen MR) is 74.0 cm³/mol. The van der Waals surface area contributed by atoms with Gasteiger partial charge in [-0.25, -0.2) is 0 Å². The molecule has 0 aliphatic heterocycles. The minimum absolute atomic E-state index is 0.0155. The number of rotatable bonds is 3. The number of hydrogen-bond donors (Lipinski definition) is 2. The molecular weight excluding hydrogens is 256 g/mol. The molecular formula is C14H14N4O2. The van der Waals surface area contributed by atoms with Gasteiger partial charge < -0.3 is 10.4 Å². The van der Waals surface area contributed by atoms with Crippen LogP contribution in [0, 0.1) is 11.8 Å². The van der Waals surface area contributed by atoms with E-state index >= 15 is 0 Å². The normalized spacial score (nSPS) is 9.70. The molecule has 1 amide bonds. The zero-order valence-electron chi connectivity index (χ0n) is 11.0. The number of amides is 1. The maximum atomic E-state index is 12.0. The van der Waals surface area contributed by atoms with Crippen LogP contribution in [0.5, 0.6) is 0 Å². The third kappa shape index (κ3) is 3.67. The standard InChI is InChI=1S/C14H14N4O2/c1-18-10-13(9-16-18)17-14(20)12-6-11(7-15-8-12)4-2-3-5-19/h6-10,19H,3,5H2,1H3,(H,17,20). The van der Waals surface area contributed by atoms with Gasteiger partial charge in [-0.3, -0.25) is 14.5 Å². The average molecular weight is 270 g/mol. The zero-order valence-corrected chi connectivity index (χ0v) is 11.0. The second-order valence-electron chi connectivity index (χ2n) is 4.09. The van der Waals surface area contributed by atoms with E-state index in [0.717, 1.165) is 0 Å². The molecule has 20 heavy (non-hydrogen) atoms. The lowest BCUT2D eigenvalue weighted by atomic mass is 10.2. The molecule has 6 nitrogen and oxygen atoms in total. The summed E-state index contributed by atoms with van der Waals surface area (Å²) in [4.78, 5) is 16.0. The summed E-state index contributed by atoms with van der Waals surface area (Å²) in [7, 11) is 1.77. The summed E-state index contributed by atoms with van der Waals surface area (Å²) in [5.74, 6) is 5.36. The first-order chi connectivity index (χ1) is 9.69.